The largest absolute Gasteiger partial charge is 0.493 e. The van der Waals surface area contributed by atoms with Crippen molar-refractivity contribution in [3.8, 4) is 34.5 Å². The van der Waals surface area contributed by atoms with Crippen molar-refractivity contribution in [2.75, 3.05) is 14.2 Å². The molecule has 1 aliphatic rings. The van der Waals surface area contributed by atoms with Gasteiger partial charge in [0.05, 0.1) is 19.8 Å². The number of fused-ring (bicyclic) bond motifs is 2. The topological polar surface area (TPSA) is 73.4 Å². The molecule has 0 unspecified atom stereocenters. The van der Waals surface area contributed by atoms with Crippen LogP contribution < -0.4 is 19.8 Å². The number of ether oxygens (including phenoxy) is 3. The lowest BCUT2D eigenvalue weighted by Crippen LogP contribution is -2.20. The molecule has 1 aromatic heterocycles. The van der Waals surface area contributed by atoms with Gasteiger partial charge in [-0.3, -0.25) is 4.79 Å². The minimum atomic E-state index is -0.202. The zero-order chi connectivity index (χ0) is 18.3. The molecule has 0 radical (unpaired) electrons. The van der Waals surface area contributed by atoms with Crippen molar-refractivity contribution >= 4 is 0 Å². The summed E-state index contributed by atoms with van der Waals surface area (Å²) in [7, 11) is 3.14. The third kappa shape index (κ3) is 2.60. The fraction of sp³-hybridized carbons (Fsp3) is 0.200. The van der Waals surface area contributed by atoms with Crippen LogP contribution >= 0.6 is 0 Å². The fourth-order valence-electron chi connectivity index (χ4n) is 3.12. The number of aromatic nitrogens is 2. The molecule has 0 atom stereocenters. The maximum absolute atomic E-state index is 12.6. The molecule has 0 saturated heterocycles. The molecule has 2 heterocycles. The van der Waals surface area contributed by atoms with Gasteiger partial charge in [0, 0.05) is 12.0 Å². The maximum atomic E-state index is 12.6. The Morgan fingerprint density at radius 1 is 1.12 bits per heavy atom. The zero-order valence-corrected chi connectivity index (χ0v) is 14.8. The van der Waals surface area contributed by atoms with E-state index in [4.69, 9.17) is 14.2 Å². The van der Waals surface area contributed by atoms with Crippen molar-refractivity contribution in [2.45, 2.75) is 13.3 Å². The summed E-state index contributed by atoms with van der Waals surface area (Å²) in [6.45, 7) is 1.98. The highest BCUT2D eigenvalue weighted by Gasteiger charge is 2.23. The molecule has 0 spiro atoms. The highest BCUT2D eigenvalue weighted by molar-refractivity contribution is 5.62. The predicted octanol–water partition coefficient (Wildman–Crippen LogP) is 3.46. The summed E-state index contributed by atoms with van der Waals surface area (Å²) in [6.07, 6.45) is 0.501. The number of hydrogen-bond donors (Lipinski definition) is 1. The van der Waals surface area contributed by atoms with Crippen molar-refractivity contribution in [1.82, 2.24) is 9.97 Å². The van der Waals surface area contributed by atoms with Gasteiger partial charge in [-0.25, -0.2) is 0 Å². The van der Waals surface area contributed by atoms with Crippen LogP contribution in [-0.2, 0) is 6.42 Å². The second-order valence-electron chi connectivity index (χ2n) is 6.11. The summed E-state index contributed by atoms with van der Waals surface area (Å²) in [5.74, 6) is 2.72. The summed E-state index contributed by atoms with van der Waals surface area (Å²) in [5.41, 5.74) is 3.05. The molecule has 1 N–H and O–H groups in total. The molecular formula is C20H18N2O4. The minimum Gasteiger partial charge on any atom is -0.493 e. The molecule has 0 saturated carbocycles. The molecule has 3 aromatic rings. The Balaban J connectivity index is 1.81. The lowest BCUT2D eigenvalue weighted by molar-refractivity contribution is 0.355. The van der Waals surface area contributed by atoms with E-state index in [1.165, 1.54) is 0 Å². The Bertz CT molecular complexity index is 1060. The Morgan fingerprint density at radius 2 is 1.92 bits per heavy atom. The van der Waals surface area contributed by atoms with Crippen molar-refractivity contribution in [2.24, 2.45) is 0 Å². The molecule has 4 rings (SSSR count). The molecule has 0 bridgehead atoms. The number of benzene rings is 2. The van der Waals surface area contributed by atoms with Crippen LogP contribution in [0.3, 0.4) is 0 Å². The number of aromatic amines is 1. The van der Waals surface area contributed by atoms with E-state index in [1.54, 1.807) is 26.4 Å². The first-order valence-electron chi connectivity index (χ1n) is 8.22. The van der Waals surface area contributed by atoms with E-state index in [2.05, 4.69) is 9.97 Å². The van der Waals surface area contributed by atoms with Gasteiger partial charge in [0.15, 0.2) is 11.5 Å². The van der Waals surface area contributed by atoms with E-state index < -0.39 is 0 Å². The average Bonchev–Trinajstić information content (AvgIpc) is 2.66. The minimum absolute atomic E-state index is 0.202. The molecule has 132 valence electrons. The lowest BCUT2D eigenvalue weighted by atomic mass is 10.0. The van der Waals surface area contributed by atoms with Gasteiger partial charge >= 0.3 is 0 Å². The number of methoxy groups -OCH3 is 2. The summed E-state index contributed by atoms with van der Waals surface area (Å²) >= 11 is 0. The van der Waals surface area contributed by atoms with Gasteiger partial charge in [-0.15, -0.1) is 0 Å². The van der Waals surface area contributed by atoms with Crippen molar-refractivity contribution in [1.29, 1.82) is 0 Å². The van der Waals surface area contributed by atoms with Crippen molar-refractivity contribution < 1.29 is 14.2 Å². The van der Waals surface area contributed by atoms with Gasteiger partial charge in [0.2, 0.25) is 5.88 Å². The predicted molar refractivity (Wildman–Crippen MR) is 97.5 cm³/mol. The number of aryl methyl sites for hydroxylation is 1. The average molecular weight is 350 g/mol. The van der Waals surface area contributed by atoms with Crippen LogP contribution in [0.1, 0.15) is 16.7 Å². The van der Waals surface area contributed by atoms with Crippen LogP contribution in [-0.4, -0.2) is 24.2 Å². The molecule has 0 aliphatic carbocycles. The first-order valence-corrected chi connectivity index (χ1v) is 8.22. The highest BCUT2D eigenvalue weighted by atomic mass is 16.5. The van der Waals surface area contributed by atoms with Crippen LogP contribution in [0.5, 0.6) is 23.1 Å². The number of nitrogens with zero attached hydrogens (tertiary/aromatic N) is 1. The van der Waals surface area contributed by atoms with E-state index in [0.29, 0.717) is 40.8 Å². The molecule has 0 amide bonds. The van der Waals surface area contributed by atoms with Crippen LogP contribution in [0.15, 0.2) is 41.2 Å². The molecule has 26 heavy (non-hydrogen) atoms. The van der Waals surface area contributed by atoms with Crippen molar-refractivity contribution in [3.63, 3.8) is 0 Å². The van der Waals surface area contributed by atoms with Crippen molar-refractivity contribution in [3.05, 3.63) is 63.4 Å². The SMILES string of the molecule is COc1ccc(-c2nc3c(c(=O)[nH]2)Cc2cccc(C)c2O3)cc1OC. The second-order valence-corrected chi connectivity index (χ2v) is 6.11. The van der Waals surface area contributed by atoms with Gasteiger partial charge in [0.25, 0.3) is 5.56 Å². The second kappa shape index (κ2) is 6.22. The monoisotopic (exact) mass is 350 g/mol. The van der Waals surface area contributed by atoms with E-state index in [9.17, 15) is 4.79 Å². The van der Waals surface area contributed by atoms with E-state index in [1.807, 2.05) is 31.2 Å². The Hall–Kier alpha value is -3.28. The Labute approximate surface area is 150 Å². The molecule has 2 aromatic carbocycles. The van der Waals surface area contributed by atoms with Gasteiger partial charge in [-0.05, 0) is 36.2 Å². The number of hydrogen-bond acceptors (Lipinski definition) is 5. The first kappa shape index (κ1) is 16.2. The highest BCUT2D eigenvalue weighted by Crippen LogP contribution is 2.37. The van der Waals surface area contributed by atoms with E-state index in [-0.39, 0.29) is 5.56 Å². The number of para-hydroxylation sites is 1. The zero-order valence-electron chi connectivity index (χ0n) is 14.8. The van der Waals surface area contributed by atoms with Crippen LogP contribution in [0, 0.1) is 6.92 Å². The number of nitrogens with one attached hydrogen (secondary N) is 1. The standard InChI is InChI=1S/C20H18N2O4/c1-11-5-4-6-12-9-14-19(23)21-18(22-20(14)26-17(11)12)13-7-8-15(24-2)16(10-13)25-3/h4-8,10H,9H2,1-3H3,(H,21,22,23). The number of rotatable bonds is 3. The van der Waals surface area contributed by atoms with Crippen LogP contribution in [0.25, 0.3) is 11.4 Å². The summed E-state index contributed by atoms with van der Waals surface area (Å²) in [4.78, 5) is 20.0. The quantitative estimate of drug-likeness (QED) is 0.612. The van der Waals surface area contributed by atoms with Crippen LogP contribution in [0.2, 0.25) is 0 Å². The fourth-order valence-corrected chi connectivity index (χ4v) is 3.12. The first-order chi connectivity index (χ1) is 12.6. The molecule has 6 heteroatoms. The van der Waals surface area contributed by atoms with Crippen LogP contribution in [0.4, 0.5) is 0 Å². The smallest absolute Gasteiger partial charge is 0.258 e. The van der Waals surface area contributed by atoms with Gasteiger partial charge < -0.3 is 19.2 Å². The molecule has 0 fully saturated rings. The Kier molecular flexibility index (Phi) is 3.88. The van der Waals surface area contributed by atoms with Gasteiger partial charge in [-0.1, -0.05) is 18.2 Å². The third-order valence-corrected chi connectivity index (χ3v) is 4.49. The lowest BCUT2D eigenvalue weighted by Gasteiger charge is -2.20. The third-order valence-electron chi connectivity index (χ3n) is 4.49. The summed E-state index contributed by atoms with van der Waals surface area (Å²) in [6, 6.07) is 11.3. The number of H-pyrrole nitrogens is 1. The Morgan fingerprint density at radius 3 is 2.69 bits per heavy atom. The van der Waals surface area contributed by atoms with E-state index >= 15 is 0 Å². The normalized spacial score (nSPS) is 12.0. The molecule has 6 nitrogen and oxygen atoms in total. The summed E-state index contributed by atoms with van der Waals surface area (Å²) in [5, 5.41) is 0. The maximum Gasteiger partial charge on any atom is 0.258 e. The van der Waals surface area contributed by atoms with Gasteiger partial charge in [0.1, 0.15) is 11.6 Å². The molecule has 1 aliphatic heterocycles. The molecular weight excluding hydrogens is 332 g/mol. The van der Waals surface area contributed by atoms with Gasteiger partial charge in [-0.2, -0.15) is 4.98 Å². The van der Waals surface area contributed by atoms with E-state index in [0.717, 1.165) is 16.9 Å². The summed E-state index contributed by atoms with van der Waals surface area (Å²) < 4.78 is 16.5.